The second kappa shape index (κ2) is 8.63. The van der Waals surface area contributed by atoms with Crippen LogP contribution in [0.4, 0.5) is 10.1 Å². The predicted molar refractivity (Wildman–Crippen MR) is 99.3 cm³/mol. The number of hydrogen-bond acceptors (Lipinski definition) is 4. The van der Waals surface area contributed by atoms with Gasteiger partial charge in [-0.2, -0.15) is 0 Å². The first-order valence-electron chi connectivity index (χ1n) is 8.20. The summed E-state index contributed by atoms with van der Waals surface area (Å²) in [5, 5.41) is 5.09. The number of carbonyl (C=O) groups is 2. The molecule has 0 spiro atoms. The third kappa shape index (κ3) is 5.52. The topological polar surface area (TPSA) is 104 Å². The van der Waals surface area contributed by atoms with Crippen LogP contribution in [0.15, 0.2) is 53.4 Å². The van der Waals surface area contributed by atoms with E-state index in [1.165, 1.54) is 43.3 Å². The highest BCUT2D eigenvalue weighted by atomic mass is 32.2. The Morgan fingerprint density at radius 1 is 1.11 bits per heavy atom. The Kier molecular flexibility index (Phi) is 6.51. The molecule has 144 valence electrons. The lowest BCUT2D eigenvalue weighted by Crippen LogP contribution is -2.44. The lowest BCUT2D eigenvalue weighted by Gasteiger charge is -2.14. The van der Waals surface area contributed by atoms with Crippen LogP contribution >= 0.6 is 0 Å². The number of sulfonamides is 1. The zero-order valence-electron chi connectivity index (χ0n) is 14.8. The zero-order valence-corrected chi connectivity index (χ0v) is 15.6. The summed E-state index contributed by atoms with van der Waals surface area (Å²) in [6.45, 7) is 3.72. The minimum atomic E-state index is -3.97. The van der Waals surface area contributed by atoms with Gasteiger partial charge in [-0.05, 0) is 56.3 Å². The Morgan fingerprint density at radius 3 is 2.41 bits per heavy atom. The lowest BCUT2D eigenvalue weighted by atomic mass is 10.2. The van der Waals surface area contributed by atoms with Crippen LogP contribution < -0.4 is 15.4 Å². The predicted octanol–water partition coefficient (Wildman–Crippen LogP) is 1.88. The molecule has 27 heavy (non-hydrogen) atoms. The fraction of sp³-hybridized carbons (Fsp3) is 0.222. The fourth-order valence-electron chi connectivity index (χ4n) is 2.21. The van der Waals surface area contributed by atoms with Gasteiger partial charge < -0.3 is 10.6 Å². The fourth-order valence-corrected chi connectivity index (χ4v) is 3.31. The van der Waals surface area contributed by atoms with Gasteiger partial charge in [-0.25, -0.2) is 12.8 Å². The average molecular weight is 393 g/mol. The molecule has 0 heterocycles. The standard InChI is InChI=1S/C18H20FN3O4S/c1-3-20-17(23)12(2)21-18(24)13-5-4-6-16(11-13)27(25,26)22-15-9-7-14(19)8-10-15/h4-12,22H,3H2,1-2H3,(H,20,23)(H,21,24)/t12-/m0/s1. The molecule has 0 radical (unpaired) electrons. The van der Waals surface area contributed by atoms with Crippen LogP contribution in [-0.2, 0) is 14.8 Å². The molecule has 0 saturated carbocycles. The number of halogens is 1. The molecule has 2 aromatic rings. The summed E-state index contributed by atoms with van der Waals surface area (Å²) in [4.78, 5) is 23.9. The number of hydrogen-bond donors (Lipinski definition) is 3. The van der Waals surface area contributed by atoms with E-state index < -0.39 is 27.8 Å². The first kappa shape index (κ1) is 20.4. The summed E-state index contributed by atoms with van der Waals surface area (Å²) >= 11 is 0. The molecule has 0 saturated heterocycles. The SMILES string of the molecule is CCNC(=O)[C@H](C)NC(=O)c1cccc(S(=O)(=O)Nc2ccc(F)cc2)c1. The molecular weight excluding hydrogens is 373 g/mol. The van der Waals surface area contributed by atoms with Crippen LogP contribution in [0.2, 0.25) is 0 Å². The van der Waals surface area contributed by atoms with Crippen molar-refractivity contribution in [3.05, 3.63) is 59.9 Å². The molecule has 0 unspecified atom stereocenters. The Balaban J connectivity index is 2.17. The van der Waals surface area contributed by atoms with Gasteiger partial charge in [0.25, 0.3) is 15.9 Å². The van der Waals surface area contributed by atoms with E-state index in [0.29, 0.717) is 6.54 Å². The maximum atomic E-state index is 12.9. The van der Waals surface area contributed by atoms with Gasteiger partial charge >= 0.3 is 0 Å². The van der Waals surface area contributed by atoms with Crippen LogP contribution in [0.25, 0.3) is 0 Å². The maximum absolute atomic E-state index is 12.9. The van der Waals surface area contributed by atoms with E-state index in [9.17, 15) is 22.4 Å². The summed E-state index contributed by atoms with van der Waals surface area (Å²) in [7, 11) is -3.97. The van der Waals surface area contributed by atoms with Gasteiger partial charge in [-0.3, -0.25) is 14.3 Å². The highest BCUT2D eigenvalue weighted by molar-refractivity contribution is 7.92. The van der Waals surface area contributed by atoms with E-state index in [4.69, 9.17) is 0 Å². The number of carbonyl (C=O) groups excluding carboxylic acids is 2. The summed E-state index contributed by atoms with van der Waals surface area (Å²) in [5.41, 5.74) is 0.282. The number of anilines is 1. The Hall–Kier alpha value is -2.94. The Bertz CT molecular complexity index is 930. The Labute approximate surface area is 157 Å². The third-order valence-electron chi connectivity index (χ3n) is 3.59. The van der Waals surface area contributed by atoms with Crippen molar-refractivity contribution < 1.29 is 22.4 Å². The first-order valence-corrected chi connectivity index (χ1v) is 9.68. The summed E-state index contributed by atoms with van der Waals surface area (Å²) in [6, 6.07) is 9.46. The molecule has 7 nitrogen and oxygen atoms in total. The average Bonchev–Trinajstić information content (AvgIpc) is 2.63. The molecule has 3 N–H and O–H groups in total. The number of amides is 2. The lowest BCUT2D eigenvalue weighted by molar-refractivity contribution is -0.122. The first-order chi connectivity index (χ1) is 12.7. The smallest absolute Gasteiger partial charge is 0.261 e. The quantitative estimate of drug-likeness (QED) is 0.668. The van der Waals surface area contributed by atoms with E-state index in [1.807, 2.05) is 0 Å². The summed E-state index contributed by atoms with van der Waals surface area (Å²) in [6.07, 6.45) is 0. The van der Waals surface area contributed by atoms with Crippen LogP contribution in [0.1, 0.15) is 24.2 Å². The molecule has 0 aliphatic rings. The van der Waals surface area contributed by atoms with Crippen molar-refractivity contribution in [2.24, 2.45) is 0 Å². The number of nitrogens with one attached hydrogen (secondary N) is 3. The van der Waals surface area contributed by atoms with Crippen molar-refractivity contribution >= 4 is 27.5 Å². The molecule has 2 amide bonds. The summed E-state index contributed by atoms with van der Waals surface area (Å²) in [5.74, 6) is -1.40. The molecule has 0 aliphatic heterocycles. The van der Waals surface area contributed by atoms with Crippen molar-refractivity contribution in [1.82, 2.24) is 10.6 Å². The molecule has 0 aromatic heterocycles. The van der Waals surface area contributed by atoms with Gasteiger partial charge in [0.2, 0.25) is 5.91 Å². The molecule has 2 rings (SSSR count). The minimum absolute atomic E-state index is 0.0909. The molecule has 0 bridgehead atoms. The summed E-state index contributed by atoms with van der Waals surface area (Å²) < 4.78 is 40.2. The van der Waals surface area contributed by atoms with Crippen LogP contribution in [0, 0.1) is 5.82 Å². The van der Waals surface area contributed by atoms with Gasteiger partial charge in [0, 0.05) is 17.8 Å². The highest BCUT2D eigenvalue weighted by Gasteiger charge is 2.19. The van der Waals surface area contributed by atoms with Crippen molar-refractivity contribution in [2.75, 3.05) is 11.3 Å². The molecular formula is C18H20FN3O4S. The monoisotopic (exact) mass is 393 g/mol. The van der Waals surface area contributed by atoms with Gasteiger partial charge in [0.05, 0.1) is 4.90 Å². The Morgan fingerprint density at radius 2 is 1.78 bits per heavy atom. The third-order valence-corrected chi connectivity index (χ3v) is 4.97. The van der Waals surface area contributed by atoms with Gasteiger partial charge in [0.15, 0.2) is 0 Å². The molecule has 1 atom stereocenters. The normalized spacial score (nSPS) is 12.1. The number of rotatable bonds is 7. The van der Waals surface area contributed by atoms with Crippen molar-refractivity contribution in [1.29, 1.82) is 0 Å². The number of likely N-dealkylation sites (N-methyl/N-ethyl adjacent to an activating group) is 1. The second-order valence-corrected chi connectivity index (χ2v) is 7.41. The largest absolute Gasteiger partial charge is 0.355 e. The van der Waals surface area contributed by atoms with Gasteiger partial charge in [-0.15, -0.1) is 0 Å². The molecule has 0 aliphatic carbocycles. The van der Waals surface area contributed by atoms with Crippen LogP contribution in [-0.4, -0.2) is 32.8 Å². The van der Waals surface area contributed by atoms with E-state index in [2.05, 4.69) is 15.4 Å². The highest BCUT2D eigenvalue weighted by Crippen LogP contribution is 2.17. The van der Waals surface area contributed by atoms with Crippen LogP contribution in [0.5, 0.6) is 0 Å². The molecule has 0 fully saturated rings. The molecule has 2 aromatic carbocycles. The van der Waals surface area contributed by atoms with E-state index in [0.717, 1.165) is 12.1 Å². The van der Waals surface area contributed by atoms with Gasteiger partial charge in [0.1, 0.15) is 11.9 Å². The van der Waals surface area contributed by atoms with Crippen LogP contribution in [0.3, 0.4) is 0 Å². The van der Waals surface area contributed by atoms with Gasteiger partial charge in [-0.1, -0.05) is 6.07 Å². The van der Waals surface area contributed by atoms with E-state index >= 15 is 0 Å². The minimum Gasteiger partial charge on any atom is -0.355 e. The van der Waals surface area contributed by atoms with Crippen molar-refractivity contribution in [2.45, 2.75) is 24.8 Å². The zero-order chi connectivity index (χ0) is 20.0. The maximum Gasteiger partial charge on any atom is 0.261 e. The van der Waals surface area contributed by atoms with E-state index in [-0.39, 0.29) is 22.1 Å². The molecule has 9 heteroatoms. The van der Waals surface area contributed by atoms with Crippen molar-refractivity contribution in [3.63, 3.8) is 0 Å². The van der Waals surface area contributed by atoms with Crippen molar-refractivity contribution in [3.8, 4) is 0 Å². The number of benzene rings is 2. The van der Waals surface area contributed by atoms with E-state index in [1.54, 1.807) is 6.92 Å². The second-order valence-electron chi connectivity index (χ2n) is 5.73.